The summed E-state index contributed by atoms with van der Waals surface area (Å²) in [5, 5.41) is 8.40. The maximum absolute atomic E-state index is 14.2. The lowest BCUT2D eigenvalue weighted by atomic mass is 9.32. The highest BCUT2D eigenvalue weighted by Gasteiger charge is 2.71. The molecule has 7 rings (SSSR count). The van der Waals surface area contributed by atoms with Crippen LogP contribution in [0.5, 0.6) is 0 Å². The summed E-state index contributed by atoms with van der Waals surface area (Å²) in [4.78, 5) is 87.7. The van der Waals surface area contributed by atoms with E-state index in [0.717, 1.165) is 78.6 Å². The first-order valence-electron chi connectivity index (χ1n) is 24.7. The minimum Gasteiger partial charge on any atom is -0.465 e. The van der Waals surface area contributed by atoms with Crippen molar-refractivity contribution in [3.63, 3.8) is 0 Å². The summed E-state index contributed by atoms with van der Waals surface area (Å²) in [7, 11) is 0. The average molecular weight is 968 g/mol. The van der Waals surface area contributed by atoms with Crippen LogP contribution < -0.4 is 0 Å². The zero-order valence-electron chi connectivity index (χ0n) is 42.3. The molecule has 1 aliphatic heterocycles. The maximum Gasteiger partial charge on any atom is 0.334 e. The van der Waals surface area contributed by atoms with E-state index in [9.17, 15) is 33.6 Å². The van der Waals surface area contributed by atoms with Crippen molar-refractivity contribution in [2.75, 3.05) is 13.2 Å². The van der Waals surface area contributed by atoms with Crippen molar-refractivity contribution >= 4 is 41.8 Å². The lowest BCUT2D eigenvalue weighted by Crippen LogP contribution is -2.67. The average Bonchev–Trinajstić information content (AvgIpc) is 3.89. The van der Waals surface area contributed by atoms with Gasteiger partial charge in [-0.15, -0.1) is 5.10 Å². The van der Waals surface area contributed by atoms with E-state index in [2.05, 4.69) is 51.5 Å². The highest BCUT2D eigenvalue weighted by Crippen LogP contribution is 2.77. The minimum absolute atomic E-state index is 0.00350. The van der Waals surface area contributed by atoms with Crippen LogP contribution in [-0.4, -0.2) is 101 Å². The molecule has 69 heavy (non-hydrogen) atoms. The Bertz CT molecular complexity index is 2210. The molecular formula is C51H73N3O15. The molecule has 0 radical (unpaired) electrons. The monoisotopic (exact) mass is 968 g/mol. The number of rotatable bonds is 13. The number of aromatic nitrogens is 3. The predicted octanol–water partition coefficient (Wildman–Crippen LogP) is 6.71. The van der Waals surface area contributed by atoms with Crippen molar-refractivity contribution in [1.82, 2.24) is 15.0 Å². The van der Waals surface area contributed by atoms with E-state index in [0.29, 0.717) is 23.8 Å². The second-order valence-corrected chi connectivity index (χ2v) is 22.3. The van der Waals surface area contributed by atoms with Crippen LogP contribution in [0.3, 0.4) is 0 Å². The second-order valence-electron chi connectivity index (χ2n) is 22.3. The van der Waals surface area contributed by atoms with Crippen molar-refractivity contribution in [1.29, 1.82) is 0 Å². The van der Waals surface area contributed by atoms with Crippen molar-refractivity contribution in [3.8, 4) is 0 Å². The number of esters is 7. The molecule has 5 aliphatic carbocycles. The Morgan fingerprint density at radius 2 is 1.30 bits per heavy atom. The fourth-order valence-electron chi connectivity index (χ4n) is 15.3. The van der Waals surface area contributed by atoms with Crippen LogP contribution in [-0.2, 0) is 78.1 Å². The molecule has 2 heterocycles. The van der Waals surface area contributed by atoms with Crippen molar-refractivity contribution in [3.05, 3.63) is 24.0 Å². The van der Waals surface area contributed by atoms with Gasteiger partial charge < -0.3 is 37.9 Å². The quantitative estimate of drug-likeness (QED) is 0.114. The molecule has 0 amide bonds. The van der Waals surface area contributed by atoms with Gasteiger partial charge in [0.15, 0.2) is 24.5 Å². The summed E-state index contributed by atoms with van der Waals surface area (Å²) in [6, 6.07) is 0. The molecule has 0 aromatic carbocycles. The van der Waals surface area contributed by atoms with Crippen molar-refractivity contribution < 1.29 is 71.5 Å². The molecule has 18 heteroatoms. The Morgan fingerprint density at radius 3 is 1.94 bits per heavy atom. The Hall–Kier alpha value is -4.87. The molecule has 0 N–H and O–H groups in total. The molecule has 1 aromatic rings. The molecule has 5 saturated carbocycles. The Morgan fingerprint density at radius 1 is 0.667 bits per heavy atom. The van der Waals surface area contributed by atoms with E-state index in [-0.39, 0.29) is 81.8 Å². The summed E-state index contributed by atoms with van der Waals surface area (Å²) in [6.07, 6.45) is 3.86. The highest BCUT2D eigenvalue weighted by molar-refractivity contribution is 5.88. The van der Waals surface area contributed by atoms with E-state index < -0.39 is 67.1 Å². The molecule has 0 bridgehead atoms. The van der Waals surface area contributed by atoms with Crippen molar-refractivity contribution in [2.24, 2.45) is 56.7 Å². The Kier molecular flexibility index (Phi) is 14.6. The SMILES string of the molecule is C=C(C(=O)OCc1cn([C@@H]2O[C@H](COC(C)=O)[C@@H](OC(C)=O)[C@H](OC(C)=O)[C@H]2OC(C)=O)nn1)[C@@H]1CC[C@]2(COC(C)=O)CC[C@]3(C)[C@H](CC[C@@H]4[C@@]5(C)CC[C@H](OC(C)=O)C(C)(C)[C@@H]5CC[C@]43C)[C@@H]12. The Balaban J connectivity index is 1.11. The van der Waals surface area contributed by atoms with E-state index >= 15 is 0 Å². The van der Waals surface area contributed by atoms with Crippen molar-refractivity contribution in [2.45, 2.75) is 184 Å². The van der Waals surface area contributed by atoms with Gasteiger partial charge in [0.1, 0.15) is 31.1 Å². The summed E-state index contributed by atoms with van der Waals surface area (Å²) in [5.74, 6) is -3.23. The summed E-state index contributed by atoms with van der Waals surface area (Å²) < 4.78 is 47.0. The third-order valence-electron chi connectivity index (χ3n) is 18.3. The molecule has 1 saturated heterocycles. The molecule has 15 atom stereocenters. The highest BCUT2D eigenvalue weighted by atomic mass is 16.7. The van der Waals surface area contributed by atoms with Crippen LogP contribution in [0, 0.1) is 56.7 Å². The van der Waals surface area contributed by atoms with E-state index in [1.54, 1.807) is 0 Å². The Labute approximate surface area is 404 Å². The fourth-order valence-corrected chi connectivity index (χ4v) is 15.3. The second kappa shape index (κ2) is 19.4. The fraction of sp³-hybridized carbons (Fsp3) is 0.784. The third-order valence-corrected chi connectivity index (χ3v) is 18.3. The summed E-state index contributed by atoms with van der Waals surface area (Å²) >= 11 is 0. The van der Waals surface area contributed by atoms with Gasteiger partial charge in [-0.2, -0.15) is 0 Å². The first kappa shape index (κ1) is 52.0. The molecular weight excluding hydrogens is 895 g/mol. The summed E-state index contributed by atoms with van der Waals surface area (Å²) in [5.41, 5.74) is 0.0407. The van der Waals surface area contributed by atoms with Crippen LogP contribution >= 0.6 is 0 Å². The topological polar surface area (TPSA) is 224 Å². The van der Waals surface area contributed by atoms with Crippen LogP contribution in [0.25, 0.3) is 0 Å². The van der Waals surface area contributed by atoms with Crippen LogP contribution in [0.2, 0.25) is 0 Å². The zero-order chi connectivity index (χ0) is 50.6. The van der Waals surface area contributed by atoms with Gasteiger partial charge in [-0.1, -0.05) is 46.4 Å². The molecule has 0 unspecified atom stereocenters. The number of ether oxygens (including phenoxy) is 8. The van der Waals surface area contributed by atoms with Crippen LogP contribution in [0.1, 0.15) is 152 Å². The standard InChI is InChI=1S/C51H73N3O15/c1-27(46(61)63-24-34-23-54(53-52-34)45-44(68-33(7)60)43(67-32(6)59)42(66-31(5)58)37(69-45)25-62-28(2)55)35-15-20-51(26-64-29(3)56)22-21-49(11)36(41(35)51)13-14-39-48(10)18-17-40(65-30(4)57)47(8,9)38(48)16-19-50(39,49)12/h23,35-45H,1,13-22,24-26H2,2-12H3/t35-,36+,37+,38-,39+,40-,41+,42+,43-,44+,45+,48-,49+,50+,51+/m0/s1. The smallest absolute Gasteiger partial charge is 0.334 e. The number of carbonyl (C=O) groups is 7. The molecule has 382 valence electrons. The normalized spacial score (nSPS) is 38.6. The van der Waals surface area contributed by atoms with Gasteiger partial charge in [0.2, 0.25) is 0 Å². The van der Waals surface area contributed by atoms with Gasteiger partial charge in [-0.25, -0.2) is 9.48 Å². The largest absolute Gasteiger partial charge is 0.465 e. The lowest BCUT2D eigenvalue weighted by molar-refractivity contribution is -0.270. The summed E-state index contributed by atoms with van der Waals surface area (Å²) in [6.45, 7) is 23.6. The molecule has 6 aliphatic rings. The van der Waals surface area contributed by atoms with Crippen LogP contribution in [0.4, 0.5) is 0 Å². The van der Waals surface area contributed by atoms with Gasteiger partial charge in [0, 0.05) is 57.9 Å². The predicted molar refractivity (Wildman–Crippen MR) is 243 cm³/mol. The van der Waals surface area contributed by atoms with Gasteiger partial charge in [0.05, 0.1) is 12.8 Å². The third kappa shape index (κ3) is 9.55. The van der Waals surface area contributed by atoms with Crippen LogP contribution in [0.15, 0.2) is 18.3 Å². The zero-order valence-corrected chi connectivity index (χ0v) is 42.3. The minimum atomic E-state index is -1.42. The number of fused-ring (bicyclic) bond motifs is 7. The number of hydrogen-bond donors (Lipinski definition) is 0. The number of carbonyl (C=O) groups excluding carboxylic acids is 7. The lowest BCUT2D eigenvalue weighted by Gasteiger charge is -2.73. The maximum atomic E-state index is 14.2. The molecule has 0 spiro atoms. The van der Waals surface area contributed by atoms with Gasteiger partial charge in [-0.3, -0.25) is 28.8 Å². The number of nitrogens with zero attached hydrogens (tertiary/aromatic N) is 3. The first-order valence-corrected chi connectivity index (χ1v) is 24.7. The molecule has 6 fully saturated rings. The van der Waals surface area contributed by atoms with Gasteiger partial charge in [0.25, 0.3) is 0 Å². The van der Waals surface area contributed by atoms with E-state index in [1.807, 2.05) is 0 Å². The van der Waals surface area contributed by atoms with Gasteiger partial charge >= 0.3 is 41.8 Å². The van der Waals surface area contributed by atoms with Gasteiger partial charge in [-0.05, 0) is 110 Å². The number of hydrogen-bond acceptors (Lipinski definition) is 17. The first-order chi connectivity index (χ1) is 32.3. The molecule has 1 aromatic heterocycles. The van der Waals surface area contributed by atoms with E-state index in [1.165, 1.54) is 31.6 Å². The molecule has 18 nitrogen and oxygen atoms in total. The van der Waals surface area contributed by atoms with E-state index in [4.69, 9.17) is 37.9 Å².